The summed E-state index contributed by atoms with van der Waals surface area (Å²) in [6.07, 6.45) is 3.55. The quantitative estimate of drug-likeness (QED) is 0.673. The van der Waals surface area contributed by atoms with Gasteiger partial charge >= 0.3 is 0 Å². The summed E-state index contributed by atoms with van der Waals surface area (Å²) in [4.78, 5) is 10.6. The van der Waals surface area contributed by atoms with E-state index in [4.69, 9.17) is 5.73 Å². The van der Waals surface area contributed by atoms with Crippen LogP contribution in [0.15, 0.2) is 18.2 Å². The van der Waals surface area contributed by atoms with E-state index < -0.39 is 10.7 Å². The Morgan fingerprint density at radius 2 is 2.10 bits per heavy atom. The van der Waals surface area contributed by atoms with Gasteiger partial charge in [0.05, 0.1) is 4.92 Å². The molecular formula is C13H13FN4O2. The average Bonchev–Trinajstić information content (AvgIpc) is 2.76. The first-order valence-electron chi connectivity index (χ1n) is 6.38. The molecule has 0 fully saturated rings. The second-order valence-electron chi connectivity index (χ2n) is 4.82. The molecule has 3 rings (SSSR count). The largest absolute Gasteiger partial charge is 0.382 e. The molecule has 0 radical (unpaired) electrons. The van der Waals surface area contributed by atoms with Crippen molar-refractivity contribution in [2.45, 2.75) is 25.7 Å². The number of rotatable bonds is 2. The van der Waals surface area contributed by atoms with E-state index in [1.54, 1.807) is 0 Å². The van der Waals surface area contributed by atoms with Gasteiger partial charge in [-0.05, 0) is 31.7 Å². The van der Waals surface area contributed by atoms with Gasteiger partial charge in [-0.2, -0.15) is 0 Å². The first-order chi connectivity index (χ1) is 9.58. The summed E-state index contributed by atoms with van der Waals surface area (Å²) in [5, 5.41) is 15.3. The second-order valence-corrected chi connectivity index (χ2v) is 4.82. The fourth-order valence-corrected chi connectivity index (χ4v) is 2.65. The molecule has 0 amide bonds. The Kier molecular flexibility index (Phi) is 2.89. The maximum Gasteiger partial charge on any atom is 0.295 e. The third-order valence-corrected chi connectivity index (χ3v) is 3.57. The Bertz CT molecular complexity index is 696. The number of nitro benzene ring substituents is 1. The van der Waals surface area contributed by atoms with Gasteiger partial charge in [0.15, 0.2) is 0 Å². The second kappa shape index (κ2) is 4.59. The zero-order chi connectivity index (χ0) is 14.3. The van der Waals surface area contributed by atoms with E-state index in [9.17, 15) is 14.5 Å². The number of nitrogen functional groups attached to an aromatic ring is 1. The third-order valence-electron chi connectivity index (χ3n) is 3.57. The van der Waals surface area contributed by atoms with Gasteiger partial charge < -0.3 is 5.73 Å². The highest BCUT2D eigenvalue weighted by atomic mass is 19.1. The fourth-order valence-electron chi connectivity index (χ4n) is 2.65. The highest BCUT2D eigenvalue weighted by Gasteiger charge is 2.24. The number of nitrogens with two attached hydrogens (primary N) is 1. The van der Waals surface area contributed by atoms with Crippen molar-refractivity contribution in [3.8, 4) is 5.69 Å². The van der Waals surface area contributed by atoms with Gasteiger partial charge in [-0.25, -0.2) is 9.07 Å². The Morgan fingerprint density at radius 1 is 1.35 bits per heavy atom. The predicted molar refractivity (Wildman–Crippen MR) is 71.2 cm³/mol. The molecule has 0 atom stereocenters. The van der Waals surface area contributed by atoms with Crippen LogP contribution in [0.2, 0.25) is 0 Å². The highest BCUT2D eigenvalue weighted by Crippen LogP contribution is 2.31. The van der Waals surface area contributed by atoms with Crippen LogP contribution in [0.5, 0.6) is 0 Å². The summed E-state index contributed by atoms with van der Waals surface area (Å²) in [7, 11) is 0. The molecule has 20 heavy (non-hydrogen) atoms. The van der Waals surface area contributed by atoms with Gasteiger partial charge in [0.2, 0.25) is 0 Å². The summed E-state index contributed by atoms with van der Waals surface area (Å²) in [5.74, 6) is -0.164. The number of nitrogens with zero attached hydrogens (tertiary/aromatic N) is 3. The Hall–Kier alpha value is -2.44. The molecule has 2 N–H and O–H groups in total. The maximum atomic E-state index is 13.4. The molecule has 0 saturated heterocycles. The van der Waals surface area contributed by atoms with Gasteiger partial charge in [-0.1, -0.05) is 0 Å². The summed E-state index contributed by atoms with van der Waals surface area (Å²) >= 11 is 0. The molecule has 1 aliphatic carbocycles. The van der Waals surface area contributed by atoms with E-state index in [0.717, 1.165) is 55.1 Å². The molecule has 1 aromatic heterocycles. The van der Waals surface area contributed by atoms with Crippen LogP contribution < -0.4 is 5.73 Å². The van der Waals surface area contributed by atoms with Crippen molar-refractivity contribution in [1.82, 2.24) is 9.78 Å². The van der Waals surface area contributed by atoms with Crippen LogP contribution in [0.3, 0.4) is 0 Å². The van der Waals surface area contributed by atoms with Crippen molar-refractivity contribution < 1.29 is 9.31 Å². The molecule has 1 aromatic carbocycles. The monoisotopic (exact) mass is 276 g/mol. The third kappa shape index (κ3) is 1.91. The van der Waals surface area contributed by atoms with E-state index >= 15 is 0 Å². The Balaban J connectivity index is 2.23. The van der Waals surface area contributed by atoms with Gasteiger partial charge in [0.1, 0.15) is 17.3 Å². The SMILES string of the molecule is Nc1nn(-c2cc(F)ccc2[N+](=O)[O-])c2c1CCCC2. The van der Waals surface area contributed by atoms with Gasteiger partial charge in [-0.15, -0.1) is 5.10 Å². The van der Waals surface area contributed by atoms with Crippen molar-refractivity contribution in [3.05, 3.63) is 45.4 Å². The molecule has 7 heteroatoms. The van der Waals surface area contributed by atoms with E-state index in [-0.39, 0.29) is 11.4 Å². The van der Waals surface area contributed by atoms with Crippen LogP contribution >= 0.6 is 0 Å². The number of nitro groups is 1. The molecule has 1 heterocycles. The number of fused-ring (bicyclic) bond motifs is 1. The number of anilines is 1. The first-order valence-corrected chi connectivity index (χ1v) is 6.38. The first kappa shape index (κ1) is 12.6. The van der Waals surface area contributed by atoms with E-state index in [1.807, 2.05) is 0 Å². The summed E-state index contributed by atoms with van der Waals surface area (Å²) in [6.45, 7) is 0. The van der Waals surface area contributed by atoms with Crippen LogP contribution in [-0.4, -0.2) is 14.7 Å². The van der Waals surface area contributed by atoms with Gasteiger partial charge in [0.25, 0.3) is 5.69 Å². The van der Waals surface area contributed by atoms with E-state index in [2.05, 4.69) is 5.10 Å². The Labute approximate surface area is 114 Å². The zero-order valence-electron chi connectivity index (χ0n) is 10.7. The van der Waals surface area contributed by atoms with Crippen molar-refractivity contribution >= 4 is 11.5 Å². The van der Waals surface area contributed by atoms with Crippen LogP contribution in [0.1, 0.15) is 24.1 Å². The molecule has 1 aliphatic rings. The topological polar surface area (TPSA) is 87.0 Å². The maximum absolute atomic E-state index is 13.4. The number of benzene rings is 1. The predicted octanol–water partition coefficient (Wildman–Crippen LogP) is 2.38. The van der Waals surface area contributed by atoms with Crippen LogP contribution in [0, 0.1) is 15.9 Å². The van der Waals surface area contributed by atoms with E-state index in [0.29, 0.717) is 5.82 Å². The lowest BCUT2D eigenvalue weighted by Gasteiger charge is -2.13. The molecule has 104 valence electrons. The minimum atomic E-state index is -0.540. The van der Waals surface area contributed by atoms with Crippen LogP contribution in [0.25, 0.3) is 5.69 Å². The summed E-state index contributed by atoms with van der Waals surface area (Å²) in [5.41, 5.74) is 7.59. The van der Waals surface area contributed by atoms with Crippen molar-refractivity contribution in [1.29, 1.82) is 0 Å². The van der Waals surface area contributed by atoms with Crippen LogP contribution in [0.4, 0.5) is 15.9 Å². The number of aromatic nitrogens is 2. The van der Waals surface area contributed by atoms with Gasteiger partial charge in [-0.3, -0.25) is 10.1 Å². The number of hydrogen-bond acceptors (Lipinski definition) is 4. The summed E-state index contributed by atoms with van der Waals surface area (Å²) in [6, 6.07) is 3.35. The zero-order valence-corrected chi connectivity index (χ0v) is 10.7. The molecule has 2 aromatic rings. The summed E-state index contributed by atoms with van der Waals surface area (Å²) < 4.78 is 14.9. The van der Waals surface area contributed by atoms with Crippen molar-refractivity contribution in [2.75, 3.05) is 5.73 Å². The lowest BCUT2D eigenvalue weighted by atomic mass is 9.97. The standard InChI is InChI=1S/C13H13FN4O2/c14-8-5-6-11(18(19)20)12(7-8)17-10-4-2-1-3-9(10)13(15)16-17/h5-7H,1-4H2,(H2,15,16). The molecule has 6 nitrogen and oxygen atoms in total. The van der Waals surface area contributed by atoms with E-state index in [1.165, 1.54) is 4.68 Å². The molecule has 0 bridgehead atoms. The molecule has 0 aliphatic heterocycles. The Morgan fingerprint density at radius 3 is 2.85 bits per heavy atom. The number of hydrogen-bond donors (Lipinski definition) is 1. The fraction of sp³-hybridized carbons (Fsp3) is 0.308. The lowest BCUT2D eigenvalue weighted by molar-refractivity contribution is -0.384. The minimum Gasteiger partial charge on any atom is -0.382 e. The van der Waals surface area contributed by atoms with Crippen molar-refractivity contribution in [2.24, 2.45) is 0 Å². The van der Waals surface area contributed by atoms with Crippen molar-refractivity contribution in [3.63, 3.8) is 0 Å². The molecule has 0 saturated carbocycles. The normalized spacial score (nSPS) is 14.1. The molecular weight excluding hydrogens is 263 g/mol. The lowest BCUT2D eigenvalue weighted by Crippen LogP contribution is -2.09. The van der Waals surface area contributed by atoms with Crippen LogP contribution in [-0.2, 0) is 12.8 Å². The number of halogens is 1. The average molecular weight is 276 g/mol. The molecule has 0 unspecified atom stereocenters. The minimum absolute atomic E-state index is 0.129. The molecule has 0 spiro atoms. The smallest absolute Gasteiger partial charge is 0.295 e. The van der Waals surface area contributed by atoms with Gasteiger partial charge in [0, 0.05) is 23.4 Å². The highest BCUT2D eigenvalue weighted by molar-refractivity contribution is 5.56.